The molecule has 1 amide bonds. The lowest BCUT2D eigenvalue weighted by Crippen LogP contribution is -2.24. The van der Waals surface area contributed by atoms with Gasteiger partial charge in [0, 0.05) is 12.5 Å². The smallest absolute Gasteiger partial charge is 0.219 e. The molecule has 1 rings (SSSR count). The summed E-state index contributed by atoms with van der Waals surface area (Å²) in [5.41, 5.74) is 7.45. The first kappa shape index (κ1) is 12.1. The van der Waals surface area contributed by atoms with Gasteiger partial charge in [0.1, 0.15) is 6.07 Å². The van der Waals surface area contributed by atoms with Crippen molar-refractivity contribution in [1.29, 1.82) is 5.26 Å². The maximum Gasteiger partial charge on any atom is 0.219 e. The quantitative estimate of drug-likeness (QED) is 0.803. The van der Waals surface area contributed by atoms with Crippen LogP contribution in [0.1, 0.15) is 24.5 Å². The van der Waals surface area contributed by atoms with E-state index in [1.54, 1.807) is 6.07 Å². The number of carbonyl (C=O) groups is 1. The molecule has 0 aliphatic carbocycles. The summed E-state index contributed by atoms with van der Waals surface area (Å²) < 4.78 is 0. The first-order chi connectivity index (χ1) is 7.54. The summed E-state index contributed by atoms with van der Waals surface area (Å²) in [4.78, 5) is 10.8. The molecule has 0 spiro atoms. The number of anilines is 1. The van der Waals surface area contributed by atoms with Gasteiger partial charge >= 0.3 is 0 Å². The van der Waals surface area contributed by atoms with Crippen LogP contribution in [0.25, 0.3) is 0 Å². The highest BCUT2D eigenvalue weighted by molar-refractivity contribution is 5.75. The minimum absolute atomic E-state index is 0.0781. The third-order valence-electron chi connectivity index (χ3n) is 2.29. The molecule has 0 saturated carbocycles. The molecule has 16 heavy (non-hydrogen) atoms. The van der Waals surface area contributed by atoms with Crippen LogP contribution in [0.2, 0.25) is 0 Å². The van der Waals surface area contributed by atoms with Crippen LogP contribution in [-0.2, 0) is 4.79 Å². The molecule has 0 aliphatic rings. The molecule has 0 aromatic heterocycles. The normalized spacial score (nSPS) is 11.6. The predicted molar refractivity (Wildman–Crippen MR) is 62.8 cm³/mol. The summed E-state index contributed by atoms with van der Waals surface area (Å²) in [6.07, 6.45) is 0.249. The highest BCUT2D eigenvalue weighted by Gasteiger charge is 2.10. The molecule has 4 heteroatoms. The molecule has 1 atom stereocenters. The van der Waals surface area contributed by atoms with Gasteiger partial charge in [0.2, 0.25) is 5.91 Å². The van der Waals surface area contributed by atoms with E-state index >= 15 is 0 Å². The van der Waals surface area contributed by atoms with Gasteiger partial charge < -0.3 is 11.1 Å². The third kappa shape index (κ3) is 2.99. The lowest BCUT2D eigenvalue weighted by atomic mass is 10.1. The van der Waals surface area contributed by atoms with Crippen LogP contribution in [0.4, 0.5) is 5.69 Å². The average molecular weight is 217 g/mol. The Balaban J connectivity index is 2.88. The first-order valence-electron chi connectivity index (χ1n) is 5.09. The number of nitrogens with two attached hydrogens (primary N) is 1. The van der Waals surface area contributed by atoms with Gasteiger partial charge in [-0.3, -0.25) is 4.79 Å². The van der Waals surface area contributed by atoms with Crippen molar-refractivity contribution >= 4 is 11.6 Å². The van der Waals surface area contributed by atoms with Gasteiger partial charge in [0.15, 0.2) is 0 Å². The Morgan fingerprint density at radius 2 is 2.31 bits per heavy atom. The lowest BCUT2D eigenvalue weighted by molar-refractivity contribution is -0.118. The lowest BCUT2D eigenvalue weighted by Gasteiger charge is -2.16. The zero-order valence-corrected chi connectivity index (χ0v) is 9.45. The topological polar surface area (TPSA) is 78.9 Å². The Bertz CT molecular complexity index is 434. The van der Waals surface area contributed by atoms with Crippen molar-refractivity contribution in [2.75, 3.05) is 5.32 Å². The van der Waals surface area contributed by atoms with E-state index in [4.69, 9.17) is 11.0 Å². The predicted octanol–water partition coefficient (Wildman–Crippen LogP) is 1.54. The second-order valence-corrected chi connectivity index (χ2v) is 3.83. The minimum Gasteiger partial charge on any atom is -0.381 e. The summed E-state index contributed by atoms with van der Waals surface area (Å²) in [5.74, 6) is -0.355. The summed E-state index contributed by atoms with van der Waals surface area (Å²) in [7, 11) is 0. The average Bonchev–Trinajstić information content (AvgIpc) is 2.20. The summed E-state index contributed by atoms with van der Waals surface area (Å²) >= 11 is 0. The Hall–Kier alpha value is -2.02. The zero-order valence-electron chi connectivity index (χ0n) is 9.45. The van der Waals surface area contributed by atoms with Crippen LogP contribution in [0, 0.1) is 18.3 Å². The summed E-state index contributed by atoms with van der Waals surface area (Å²) in [6.45, 7) is 3.78. The van der Waals surface area contributed by atoms with Crippen LogP contribution in [0.5, 0.6) is 0 Å². The van der Waals surface area contributed by atoms with Gasteiger partial charge in [0.25, 0.3) is 0 Å². The highest BCUT2D eigenvalue weighted by Crippen LogP contribution is 2.20. The highest BCUT2D eigenvalue weighted by atomic mass is 16.1. The first-order valence-corrected chi connectivity index (χ1v) is 5.09. The maximum atomic E-state index is 10.8. The van der Waals surface area contributed by atoms with Crippen molar-refractivity contribution in [3.8, 4) is 6.07 Å². The fourth-order valence-electron chi connectivity index (χ4n) is 1.55. The Labute approximate surface area is 95.1 Å². The second kappa shape index (κ2) is 5.17. The fraction of sp³-hybridized carbons (Fsp3) is 0.333. The van der Waals surface area contributed by atoms with Gasteiger partial charge in [-0.1, -0.05) is 12.1 Å². The number of nitrogens with zero attached hydrogens (tertiary/aromatic N) is 1. The van der Waals surface area contributed by atoms with Crippen molar-refractivity contribution < 1.29 is 4.79 Å². The number of rotatable bonds is 4. The van der Waals surface area contributed by atoms with E-state index in [-0.39, 0.29) is 18.4 Å². The van der Waals surface area contributed by atoms with Gasteiger partial charge in [-0.15, -0.1) is 0 Å². The molecule has 0 saturated heterocycles. The molecule has 84 valence electrons. The van der Waals surface area contributed by atoms with Crippen LogP contribution in [0.3, 0.4) is 0 Å². The number of hydrogen-bond acceptors (Lipinski definition) is 3. The van der Waals surface area contributed by atoms with E-state index in [9.17, 15) is 4.79 Å². The van der Waals surface area contributed by atoms with Crippen molar-refractivity contribution in [2.45, 2.75) is 26.3 Å². The number of primary amides is 1. The van der Waals surface area contributed by atoms with Crippen LogP contribution >= 0.6 is 0 Å². The van der Waals surface area contributed by atoms with Gasteiger partial charge in [-0.05, 0) is 25.5 Å². The van der Waals surface area contributed by atoms with Gasteiger partial charge in [-0.25, -0.2) is 0 Å². The standard InChI is InChI=1S/C12H15N3O/c1-8-4-3-5-10(7-13)12(8)15-9(2)6-11(14)16/h3-5,9,15H,6H2,1-2H3,(H2,14,16). The number of para-hydroxylation sites is 1. The molecule has 0 radical (unpaired) electrons. The molecule has 1 aromatic carbocycles. The number of nitrogens with one attached hydrogen (secondary N) is 1. The largest absolute Gasteiger partial charge is 0.381 e. The van der Waals surface area contributed by atoms with E-state index in [2.05, 4.69) is 11.4 Å². The molecular weight excluding hydrogens is 202 g/mol. The third-order valence-corrected chi connectivity index (χ3v) is 2.29. The number of aryl methyl sites for hydroxylation is 1. The number of carbonyl (C=O) groups excluding carboxylic acids is 1. The molecule has 1 aromatic rings. The summed E-state index contributed by atoms with van der Waals surface area (Å²) in [6, 6.07) is 7.53. The van der Waals surface area contributed by atoms with E-state index in [0.717, 1.165) is 11.3 Å². The van der Waals surface area contributed by atoms with Crippen molar-refractivity contribution in [1.82, 2.24) is 0 Å². The molecule has 0 aliphatic heterocycles. The van der Waals surface area contributed by atoms with E-state index < -0.39 is 0 Å². The zero-order chi connectivity index (χ0) is 12.1. The Kier molecular flexibility index (Phi) is 3.90. The fourth-order valence-corrected chi connectivity index (χ4v) is 1.55. The molecule has 4 nitrogen and oxygen atoms in total. The second-order valence-electron chi connectivity index (χ2n) is 3.83. The van der Waals surface area contributed by atoms with Crippen molar-refractivity contribution in [3.05, 3.63) is 29.3 Å². The van der Waals surface area contributed by atoms with Gasteiger partial charge in [0.05, 0.1) is 11.3 Å². The van der Waals surface area contributed by atoms with Crippen LogP contribution in [0.15, 0.2) is 18.2 Å². The Morgan fingerprint density at radius 3 is 2.88 bits per heavy atom. The number of benzene rings is 1. The monoisotopic (exact) mass is 217 g/mol. The van der Waals surface area contributed by atoms with Gasteiger partial charge in [-0.2, -0.15) is 5.26 Å². The molecule has 0 bridgehead atoms. The maximum absolute atomic E-state index is 10.8. The van der Waals surface area contributed by atoms with Crippen molar-refractivity contribution in [3.63, 3.8) is 0 Å². The van der Waals surface area contributed by atoms with E-state index in [1.165, 1.54) is 0 Å². The van der Waals surface area contributed by atoms with E-state index in [0.29, 0.717) is 5.56 Å². The summed E-state index contributed by atoms with van der Waals surface area (Å²) in [5, 5.41) is 12.1. The number of nitriles is 1. The number of hydrogen-bond donors (Lipinski definition) is 2. The minimum atomic E-state index is -0.355. The molecular formula is C12H15N3O. The SMILES string of the molecule is Cc1cccc(C#N)c1NC(C)CC(N)=O. The molecule has 0 fully saturated rings. The molecule has 1 unspecified atom stereocenters. The number of amides is 1. The molecule has 0 heterocycles. The van der Waals surface area contributed by atoms with Crippen LogP contribution < -0.4 is 11.1 Å². The van der Waals surface area contributed by atoms with E-state index in [1.807, 2.05) is 26.0 Å². The van der Waals surface area contributed by atoms with Crippen molar-refractivity contribution in [2.24, 2.45) is 5.73 Å². The Morgan fingerprint density at radius 1 is 1.62 bits per heavy atom. The molecule has 3 N–H and O–H groups in total. The van der Waals surface area contributed by atoms with Crippen LogP contribution in [-0.4, -0.2) is 11.9 Å².